The van der Waals surface area contributed by atoms with E-state index in [1.165, 1.54) is 67.2 Å². The van der Waals surface area contributed by atoms with Gasteiger partial charge >= 0.3 is 0 Å². The molecule has 0 unspecified atom stereocenters. The van der Waals surface area contributed by atoms with Crippen molar-refractivity contribution in [3.63, 3.8) is 0 Å². The highest BCUT2D eigenvalue weighted by Gasteiger charge is 2.05. The Morgan fingerprint density at radius 2 is 1.02 bits per heavy atom. The topological polar surface area (TPSA) is 20.2 Å². The summed E-state index contributed by atoms with van der Waals surface area (Å²) in [5, 5.41) is 7.57. The lowest BCUT2D eigenvalue weighted by Crippen LogP contribution is -1.99. The third kappa shape index (κ3) is 112. The molecule has 0 spiro atoms. The molecule has 1 aromatic rings. The van der Waals surface area contributed by atoms with Gasteiger partial charge in [0.15, 0.2) is 0 Å². The average molecular weight is 681 g/mol. The lowest BCUT2D eigenvalue weighted by Gasteiger charge is -2.15. The van der Waals surface area contributed by atoms with E-state index in [9.17, 15) is 0 Å². The first-order valence-corrected chi connectivity index (χ1v) is 18.7. The normalized spacial score (nSPS) is 9.10. The summed E-state index contributed by atoms with van der Waals surface area (Å²) in [7, 11) is 0. The second kappa shape index (κ2) is 79.9. The fourth-order valence-corrected chi connectivity index (χ4v) is 2.52. The van der Waals surface area contributed by atoms with Gasteiger partial charge < -0.3 is 5.11 Å². The van der Waals surface area contributed by atoms with Crippen LogP contribution in [0.3, 0.4) is 0 Å². The molecular formula is C47H100O. The van der Waals surface area contributed by atoms with Gasteiger partial charge in [-0.1, -0.05) is 215 Å². The van der Waals surface area contributed by atoms with Gasteiger partial charge in [0.25, 0.3) is 0 Å². The van der Waals surface area contributed by atoms with Gasteiger partial charge in [-0.2, -0.15) is 0 Å². The van der Waals surface area contributed by atoms with E-state index in [0.717, 1.165) is 17.1 Å². The highest BCUT2D eigenvalue weighted by Crippen LogP contribution is 2.22. The molecule has 1 fully saturated rings. The van der Waals surface area contributed by atoms with Crippen LogP contribution in [0.5, 0.6) is 0 Å². The van der Waals surface area contributed by atoms with E-state index in [1.807, 2.05) is 96.9 Å². The monoisotopic (exact) mass is 681 g/mol. The molecule has 0 aromatic heterocycles. The first-order chi connectivity index (χ1) is 21.8. The van der Waals surface area contributed by atoms with Crippen molar-refractivity contribution in [2.75, 3.05) is 6.61 Å². The summed E-state index contributed by atoms with van der Waals surface area (Å²) in [5.41, 5.74) is 7.24. The molecular weight excluding hydrogens is 581 g/mol. The molecule has 2 rings (SSSR count). The Morgan fingerprint density at radius 1 is 0.729 bits per heavy atom. The average Bonchev–Trinajstić information content (AvgIpc) is 3.08. The molecule has 0 heterocycles. The SMILES string of the molecule is C.C.C=C(C)C.C=CC(=C)C(=C)C.CC.CC.CC.CC.CC.CC1CCCCC1.CC=C(C)C.CCCc1ccc(C)cc1.CCO. The van der Waals surface area contributed by atoms with Gasteiger partial charge in [0.2, 0.25) is 0 Å². The summed E-state index contributed by atoms with van der Waals surface area (Å²) in [6.45, 7) is 55.1. The fraction of sp³-hybridized carbons (Fsp3) is 0.660. The highest BCUT2D eigenvalue weighted by molar-refractivity contribution is 5.31. The minimum atomic E-state index is 0. The summed E-state index contributed by atoms with van der Waals surface area (Å²) < 4.78 is 0. The molecule has 0 amide bonds. The maximum absolute atomic E-state index is 7.57. The number of hydrogen-bond acceptors (Lipinski definition) is 1. The smallest absolute Gasteiger partial charge is 0.0402 e. The third-order valence-corrected chi connectivity index (χ3v) is 4.93. The van der Waals surface area contributed by atoms with Crippen LogP contribution < -0.4 is 0 Å². The summed E-state index contributed by atoms with van der Waals surface area (Å²) in [4.78, 5) is 0. The molecule has 0 bridgehead atoms. The minimum Gasteiger partial charge on any atom is -0.397 e. The molecule has 0 saturated heterocycles. The van der Waals surface area contributed by atoms with Gasteiger partial charge in [0.1, 0.15) is 0 Å². The second-order valence-corrected chi connectivity index (χ2v) is 9.88. The maximum Gasteiger partial charge on any atom is 0.0402 e. The van der Waals surface area contributed by atoms with E-state index < -0.39 is 0 Å². The Morgan fingerprint density at radius 3 is 1.17 bits per heavy atom. The Hall–Kier alpha value is -2.12. The van der Waals surface area contributed by atoms with Crippen molar-refractivity contribution in [2.24, 2.45) is 5.92 Å². The maximum atomic E-state index is 7.57. The Labute approximate surface area is 311 Å². The van der Waals surface area contributed by atoms with Crippen LogP contribution in [0.1, 0.15) is 196 Å². The zero-order chi connectivity index (χ0) is 38.9. The number of rotatable bonds is 4. The molecule has 0 atom stereocenters. The van der Waals surface area contributed by atoms with Crippen molar-refractivity contribution in [1.29, 1.82) is 0 Å². The number of aliphatic hydroxyl groups is 1. The zero-order valence-electron chi connectivity index (χ0n) is 36.0. The molecule has 294 valence electrons. The first-order valence-electron chi connectivity index (χ1n) is 18.7. The molecule has 0 aliphatic heterocycles. The largest absolute Gasteiger partial charge is 0.397 e. The number of aryl methyl sites for hydroxylation is 2. The van der Waals surface area contributed by atoms with Crippen molar-refractivity contribution in [1.82, 2.24) is 0 Å². The van der Waals surface area contributed by atoms with Crippen LogP contribution in [0.15, 0.2) is 85.0 Å². The summed E-state index contributed by atoms with van der Waals surface area (Å²) in [5.74, 6) is 1.04. The van der Waals surface area contributed by atoms with Crippen molar-refractivity contribution in [2.45, 2.75) is 198 Å². The standard InChI is InChI=1S/C10H14.C7H14.C7H10.C5H10.C4H8.C2H6O.5C2H6.2CH4/c1-3-4-10-7-5-9(2)6-8-10;1-7-5-3-2-4-6-7;1-5-7(4)6(2)3;1-4-5(2)3;1-4(2)3;1-2-3;5*1-2;;/h5-8H,3-4H2,1-2H3;7H,2-6H2,1H3;5H,1-2,4H2,3H3;4H,1-3H3;1H2,2-3H3;3H,2H2,1H3;5*1-2H3;2*1H4. The van der Waals surface area contributed by atoms with Crippen molar-refractivity contribution in [3.8, 4) is 0 Å². The molecule has 1 saturated carbocycles. The summed E-state index contributed by atoms with van der Waals surface area (Å²) in [6.07, 6.45) is 13.7. The second-order valence-electron chi connectivity index (χ2n) is 9.88. The van der Waals surface area contributed by atoms with Gasteiger partial charge in [-0.05, 0) is 78.9 Å². The molecule has 48 heavy (non-hydrogen) atoms. The van der Waals surface area contributed by atoms with Crippen molar-refractivity contribution in [3.05, 3.63) is 96.2 Å². The van der Waals surface area contributed by atoms with Crippen LogP contribution in [-0.4, -0.2) is 11.7 Å². The third-order valence-electron chi connectivity index (χ3n) is 4.93. The van der Waals surface area contributed by atoms with Crippen molar-refractivity contribution >= 4 is 0 Å². The quantitative estimate of drug-likeness (QED) is 0.248. The van der Waals surface area contributed by atoms with Crippen molar-refractivity contribution < 1.29 is 5.11 Å². The van der Waals surface area contributed by atoms with E-state index in [1.54, 1.807) is 13.0 Å². The predicted octanol–water partition coefficient (Wildman–Crippen LogP) is 17.8. The lowest BCUT2D eigenvalue weighted by atomic mass is 9.91. The van der Waals surface area contributed by atoms with E-state index >= 15 is 0 Å². The van der Waals surface area contributed by atoms with Crippen LogP contribution in [-0.2, 0) is 6.42 Å². The van der Waals surface area contributed by atoms with E-state index in [4.69, 9.17) is 5.11 Å². The van der Waals surface area contributed by atoms with Gasteiger partial charge in [-0.25, -0.2) is 0 Å². The van der Waals surface area contributed by atoms with Crippen LogP contribution in [0.4, 0.5) is 0 Å². The molecule has 1 aliphatic carbocycles. The molecule has 1 aliphatic rings. The van der Waals surface area contributed by atoms with E-state index in [-0.39, 0.29) is 21.5 Å². The van der Waals surface area contributed by atoms with Crippen LogP contribution >= 0.6 is 0 Å². The molecule has 1 N–H and O–H groups in total. The highest BCUT2D eigenvalue weighted by atomic mass is 16.2. The summed E-state index contributed by atoms with van der Waals surface area (Å²) >= 11 is 0. The van der Waals surface area contributed by atoms with Gasteiger partial charge in [-0.15, -0.1) is 6.58 Å². The molecule has 1 aromatic carbocycles. The fourth-order valence-electron chi connectivity index (χ4n) is 2.52. The van der Waals surface area contributed by atoms with E-state index in [2.05, 4.69) is 91.3 Å². The molecule has 1 heteroatoms. The van der Waals surface area contributed by atoms with Gasteiger partial charge in [0.05, 0.1) is 0 Å². The van der Waals surface area contributed by atoms with Crippen LogP contribution in [0.2, 0.25) is 0 Å². The Kier molecular flexibility index (Phi) is 126. The number of benzene rings is 1. The Bertz CT molecular complexity index is 674. The predicted molar refractivity (Wildman–Crippen MR) is 240 cm³/mol. The van der Waals surface area contributed by atoms with E-state index in [0.29, 0.717) is 0 Å². The molecule has 0 radical (unpaired) electrons. The number of aliphatic hydroxyl groups excluding tert-OH is 1. The number of allylic oxidation sites excluding steroid dienone is 6. The Balaban J connectivity index is -0.0000000368. The first kappa shape index (κ1) is 76.0. The number of hydrogen-bond donors (Lipinski definition) is 1. The van der Waals surface area contributed by atoms with Crippen LogP contribution in [0.25, 0.3) is 0 Å². The van der Waals surface area contributed by atoms with Crippen LogP contribution in [0, 0.1) is 12.8 Å². The van der Waals surface area contributed by atoms with Gasteiger partial charge in [0, 0.05) is 6.61 Å². The minimum absolute atomic E-state index is 0. The van der Waals surface area contributed by atoms with Gasteiger partial charge in [-0.3, -0.25) is 0 Å². The summed E-state index contributed by atoms with van der Waals surface area (Å²) in [6, 6.07) is 8.76. The zero-order valence-corrected chi connectivity index (χ0v) is 36.0. The molecule has 1 nitrogen and oxygen atoms in total. The lowest BCUT2D eigenvalue weighted by molar-refractivity contribution is 0.318.